The Labute approximate surface area is 287 Å². The Bertz CT molecular complexity index is 2120. The number of carbonyl (C=O) groups is 1. The van der Waals surface area contributed by atoms with Crippen LogP contribution in [0.15, 0.2) is 133 Å². The summed E-state index contributed by atoms with van der Waals surface area (Å²) in [5.41, 5.74) is 11.3. The first-order chi connectivity index (χ1) is 24.3. The molecule has 0 saturated carbocycles. The highest BCUT2D eigenvalue weighted by Crippen LogP contribution is 2.52. The summed E-state index contributed by atoms with van der Waals surface area (Å²) >= 11 is 0. The molecular weight excluding hydrogens is 670 g/mol. The molecule has 0 bridgehead atoms. The maximum atomic E-state index is 13.8. The van der Waals surface area contributed by atoms with Crippen LogP contribution in [-0.2, 0) is 17.8 Å². The van der Waals surface area contributed by atoms with Crippen molar-refractivity contribution in [3.05, 3.63) is 178 Å². The van der Waals surface area contributed by atoms with Gasteiger partial charge >= 0.3 is 12.4 Å². The van der Waals surface area contributed by atoms with Gasteiger partial charge in [-0.25, -0.2) is 0 Å². The molecule has 0 aliphatic heterocycles. The van der Waals surface area contributed by atoms with Crippen molar-refractivity contribution in [1.29, 1.82) is 0 Å². The summed E-state index contributed by atoms with van der Waals surface area (Å²) < 4.78 is 94.2. The van der Waals surface area contributed by atoms with Crippen LogP contribution in [0.2, 0.25) is 0 Å². The molecule has 0 radical (unpaired) electrons. The van der Waals surface area contributed by atoms with Crippen LogP contribution in [-0.4, -0.2) is 5.78 Å². The van der Waals surface area contributed by atoms with Crippen LogP contribution < -0.4 is 20.9 Å². The normalized spacial score (nSPS) is 13.6. The van der Waals surface area contributed by atoms with E-state index in [-0.39, 0.29) is 28.7 Å². The van der Waals surface area contributed by atoms with Crippen molar-refractivity contribution >= 4 is 17.2 Å². The second-order valence-corrected chi connectivity index (χ2v) is 11.9. The molecule has 0 aromatic heterocycles. The number of rotatable bonds is 6. The lowest BCUT2D eigenvalue weighted by molar-refractivity contribution is -0.139. The number of benzene rings is 6. The molecule has 0 unspecified atom stereocenters. The van der Waals surface area contributed by atoms with Crippen LogP contribution in [0.5, 0.6) is 23.0 Å². The van der Waals surface area contributed by atoms with Crippen molar-refractivity contribution in [2.75, 3.05) is 11.5 Å². The SMILES string of the molecule is Nc1ccc(Oc2ccc(C3(c4ccc(Oc5ccc(N)cc5C(F)(F)F)cc4)c4ccccc4C(=O)c4ccccc43)cc2)c(C(F)(F)F)c1. The molecule has 0 fully saturated rings. The Kier molecular flexibility index (Phi) is 8.01. The fourth-order valence-electron chi connectivity index (χ4n) is 6.61. The van der Waals surface area contributed by atoms with Gasteiger partial charge in [-0.3, -0.25) is 4.79 Å². The molecule has 0 atom stereocenters. The number of hydrogen-bond donors (Lipinski definition) is 2. The van der Waals surface area contributed by atoms with Gasteiger partial charge in [0.25, 0.3) is 0 Å². The van der Waals surface area contributed by atoms with Crippen molar-refractivity contribution in [1.82, 2.24) is 0 Å². The molecule has 1 aliphatic carbocycles. The summed E-state index contributed by atoms with van der Waals surface area (Å²) in [4.78, 5) is 13.8. The Balaban J connectivity index is 1.36. The summed E-state index contributed by atoms with van der Waals surface area (Å²) in [6.07, 6.45) is -9.43. The number of alkyl halides is 6. The summed E-state index contributed by atoms with van der Waals surface area (Å²) in [6.45, 7) is 0. The molecule has 51 heavy (non-hydrogen) atoms. The third-order valence-electron chi connectivity index (χ3n) is 8.80. The van der Waals surface area contributed by atoms with Gasteiger partial charge in [0.1, 0.15) is 34.1 Å². The third kappa shape index (κ3) is 5.90. The predicted molar refractivity (Wildman–Crippen MR) is 180 cm³/mol. The van der Waals surface area contributed by atoms with Crippen LogP contribution in [0.4, 0.5) is 37.7 Å². The lowest BCUT2D eigenvalue weighted by Crippen LogP contribution is -2.38. The van der Waals surface area contributed by atoms with Gasteiger partial charge in [-0.2, -0.15) is 26.3 Å². The van der Waals surface area contributed by atoms with Crippen molar-refractivity contribution in [2.24, 2.45) is 0 Å². The van der Waals surface area contributed by atoms with Crippen molar-refractivity contribution in [2.45, 2.75) is 17.8 Å². The second kappa shape index (κ2) is 12.3. The van der Waals surface area contributed by atoms with Gasteiger partial charge in [0.15, 0.2) is 5.78 Å². The van der Waals surface area contributed by atoms with E-state index >= 15 is 0 Å². The lowest BCUT2D eigenvalue weighted by atomic mass is 9.59. The molecule has 0 saturated heterocycles. The van der Waals surface area contributed by atoms with E-state index in [1.54, 1.807) is 60.7 Å². The highest BCUT2D eigenvalue weighted by atomic mass is 19.4. The second-order valence-electron chi connectivity index (χ2n) is 11.9. The third-order valence-corrected chi connectivity index (χ3v) is 8.80. The molecule has 6 aromatic rings. The van der Waals surface area contributed by atoms with Gasteiger partial charge < -0.3 is 20.9 Å². The Morgan fingerprint density at radius 2 is 0.863 bits per heavy atom. The number of halogens is 6. The first-order valence-electron chi connectivity index (χ1n) is 15.5. The molecule has 0 amide bonds. The number of nitrogens with two attached hydrogens (primary N) is 2. The van der Waals surface area contributed by atoms with E-state index in [4.69, 9.17) is 20.9 Å². The monoisotopic (exact) mass is 696 g/mol. The quantitative estimate of drug-likeness (QED) is 0.134. The largest absolute Gasteiger partial charge is 0.457 e. The van der Waals surface area contributed by atoms with E-state index in [1.807, 2.05) is 12.1 Å². The molecule has 0 spiro atoms. The van der Waals surface area contributed by atoms with Crippen molar-refractivity contribution in [3.63, 3.8) is 0 Å². The molecular formula is C40H26F6N2O3. The Hall–Kier alpha value is -6.23. The van der Waals surface area contributed by atoms with E-state index in [2.05, 4.69) is 0 Å². The van der Waals surface area contributed by atoms with Gasteiger partial charge in [-0.15, -0.1) is 0 Å². The van der Waals surface area contributed by atoms with Gasteiger partial charge in [-0.1, -0.05) is 72.8 Å². The van der Waals surface area contributed by atoms with Crippen LogP contribution in [0.25, 0.3) is 0 Å². The van der Waals surface area contributed by atoms with Crippen LogP contribution in [0.3, 0.4) is 0 Å². The molecule has 1 aliphatic rings. The van der Waals surface area contributed by atoms with E-state index < -0.39 is 40.4 Å². The molecule has 5 nitrogen and oxygen atoms in total. The van der Waals surface area contributed by atoms with Crippen LogP contribution >= 0.6 is 0 Å². The van der Waals surface area contributed by atoms with E-state index in [9.17, 15) is 31.1 Å². The predicted octanol–water partition coefficient (Wildman–Crippen LogP) is 10.4. The van der Waals surface area contributed by atoms with Gasteiger partial charge in [0.05, 0.1) is 5.41 Å². The topological polar surface area (TPSA) is 87.6 Å². The number of fused-ring (bicyclic) bond motifs is 2. The molecule has 4 N–H and O–H groups in total. The zero-order chi connectivity index (χ0) is 36.1. The standard InChI is InChI=1S/C40H26F6N2O3/c41-39(42,43)33-21-25(47)13-19-35(33)50-27-15-9-23(10-16-27)38(31-7-3-1-5-29(31)37(49)30-6-2-4-8-32(30)38)24-11-17-28(18-12-24)51-36-20-14-26(48)22-34(36)40(44,45)46/h1-22H,47-48H2. The molecule has 7 rings (SSSR count). The van der Waals surface area contributed by atoms with Crippen LogP contribution in [0, 0.1) is 0 Å². The molecule has 0 heterocycles. The highest BCUT2D eigenvalue weighted by Gasteiger charge is 2.46. The van der Waals surface area contributed by atoms with Gasteiger partial charge in [-0.05, 0) is 82.9 Å². The summed E-state index contributed by atoms with van der Waals surface area (Å²) in [5.74, 6) is -0.814. The van der Waals surface area contributed by atoms with E-state index in [1.165, 1.54) is 36.4 Å². The Morgan fingerprint density at radius 1 is 0.490 bits per heavy atom. The number of anilines is 2. The zero-order valence-electron chi connectivity index (χ0n) is 26.3. The fourth-order valence-corrected chi connectivity index (χ4v) is 6.61. The average molecular weight is 697 g/mol. The van der Waals surface area contributed by atoms with E-state index in [0.717, 1.165) is 24.3 Å². The minimum Gasteiger partial charge on any atom is -0.457 e. The fraction of sp³-hybridized carbons (Fsp3) is 0.0750. The average Bonchev–Trinajstić information content (AvgIpc) is 3.10. The first kappa shape index (κ1) is 33.3. The molecule has 256 valence electrons. The summed E-state index contributed by atoms with van der Waals surface area (Å²) in [7, 11) is 0. The van der Waals surface area contributed by atoms with E-state index in [0.29, 0.717) is 33.4 Å². The van der Waals surface area contributed by atoms with Gasteiger partial charge in [0, 0.05) is 22.5 Å². The van der Waals surface area contributed by atoms with Crippen molar-refractivity contribution in [3.8, 4) is 23.0 Å². The number of hydrogen-bond acceptors (Lipinski definition) is 5. The zero-order valence-corrected chi connectivity index (χ0v) is 26.3. The number of ketones is 1. The lowest BCUT2D eigenvalue weighted by Gasteiger charge is -2.41. The minimum atomic E-state index is -4.71. The molecule has 6 aromatic carbocycles. The number of ether oxygens (including phenoxy) is 2. The maximum absolute atomic E-state index is 13.8. The maximum Gasteiger partial charge on any atom is 0.420 e. The summed E-state index contributed by atoms with van der Waals surface area (Å²) in [5, 5.41) is 0. The number of nitrogen functional groups attached to an aromatic ring is 2. The van der Waals surface area contributed by atoms with Gasteiger partial charge in [0.2, 0.25) is 0 Å². The summed E-state index contributed by atoms with van der Waals surface area (Å²) in [6, 6.07) is 33.7. The van der Waals surface area contributed by atoms with Crippen LogP contribution in [0.1, 0.15) is 49.3 Å². The number of carbonyl (C=O) groups excluding carboxylic acids is 1. The first-order valence-corrected chi connectivity index (χ1v) is 15.5. The minimum absolute atomic E-state index is 0.0678. The highest BCUT2D eigenvalue weighted by molar-refractivity contribution is 6.14. The smallest absolute Gasteiger partial charge is 0.420 e. The Morgan fingerprint density at radius 3 is 1.24 bits per heavy atom. The molecule has 11 heteroatoms. The van der Waals surface area contributed by atoms with Crippen molar-refractivity contribution < 1.29 is 40.6 Å².